The van der Waals surface area contributed by atoms with Gasteiger partial charge in [0.25, 0.3) is 0 Å². The molecular formula is C21H20ClNOS2. The van der Waals surface area contributed by atoms with Gasteiger partial charge in [-0.1, -0.05) is 35.9 Å². The van der Waals surface area contributed by atoms with Crippen LogP contribution in [0.1, 0.15) is 22.2 Å². The first-order chi connectivity index (χ1) is 12.6. The van der Waals surface area contributed by atoms with Gasteiger partial charge in [0.15, 0.2) is 0 Å². The van der Waals surface area contributed by atoms with Crippen LogP contribution in [0, 0.1) is 0 Å². The Morgan fingerprint density at radius 1 is 1.12 bits per heavy atom. The Morgan fingerprint density at radius 2 is 1.85 bits per heavy atom. The maximum absolute atomic E-state index is 12.9. The maximum Gasteiger partial charge on any atom is 0.247 e. The Labute approximate surface area is 167 Å². The third kappa shape index (κ3) is 5.31. The molecule has 0 aliphatic carbocycles. The Kier molecular flexibility index (Phi) is 6.67. The van der Waals surface area contributed by atoms with Crippen molar-refractivity contribution in [3.05, 3.63) is 85.7 Å². The summed E-state index contributed by atoms with van der Waals surface area (Å²) in [6.07, 6.45) is 4.41. The third-order valence-electron chi connectivity index (χ3n) is 4.09. The Hall–Kier alpha value is -1.88. The highest BCUT2D eigenvalue weighted by Gasteiger charge is 2.19. The molecule has 5 heteroatoms. The highest BCUT2D eigenvalue weighted by atomic mass is 35.5. The molecule has 3 aromatic rings. The SMILES string of the molecule is C[C@@H](Cc1cccs1)N(Cc1ccc(Cl)cc1)C(=O)/C=C/c1cccs1. The quantitative estimate of drug-likeness (QED) is 0.435. The third-order valence-corrected chi connectivity index (χ3v) is 6.08. The summed E-state index contributed by atoms with van der Waals surface area (Å²) in [7, 11) is 0. The number of nitrogens with zero attached hydrogens (tertiary/aromatic N) is 1. The Balaban J connectivity index is 1.77. The second-order valence-electron chi connectivity index (χ2n) is 6.07. The lowest BCUT2D eigenvalue weighted by Gasteiger charge is -2.28. The molecule has 1 atom stereocenters. The predicted octanol–water partition coefficient (Wildman–Crippen LogP) is 6.14. The molecule has 2 heterocycles. The second-order valence-corrected chi connectivity index (χ2v) is 8.52. The van der Waals surface area contributed by atoms with E-state index in [-0.39, 0.29) is 11.9 Å². The zero-order valence-corrected chi connectivity index (χ0v) is 16.9. The molecule has 2 nitrogen and oxygen atoms in total. The summed E-state index contributed by atoms with van der Waals surface area (Å²) < 4.78 is 0. The monoisotopic (exact) mass is 401 g/mol. The molecule has 3 rings (SSSR count). The van der Waals surface area contributed by atoms with Gasteiger partial charge in [-0.25, -0.2) is 0 Å². The van der Waals surface area contributed by atoms with Gasteiger partial charge in [0.2, 0.25) is 5.91 Å². The molecule has 134 valence electrons. The van der Waals surface area contributed by atoms with E-state index in [0.717, 1.165) is 16.9 Å². The van der Waals surface area contributed by atoms with Crippen molar-refractivity contribution in [2.45, 2.75) is 25.9 Å². The molecule has 0 saturated carbocycles. The van der Waals surface area contributed by atoms with E-state index < -0.39 is 0 Å². The fourth-order valence-corrected chi connectivity index (χ4v) is 4.27. The number of benzene rings is 1. The molecule has 26 heavy (non-hydrogen) atoms. The molecule has 0 unspecified atom stereocenters. The van der Waals surface area contributed by atoms with Crippen LogP contribution in [0.5, 0.6) is 0 Å². The normalized spacial score (nSPS) is 12.4. The molecule has 1 aromatic carbocycles. The number of rotatable bonds is 7. The summed E-state index contributed by atoms with van der Waals surface area (Å²) in [5.74, 6) is 0.0254. The first kappa shape index (κ1) is 18.9. The van der Waals surface area contributed by atoms with Gasteiger partial charge in [0, 0.05) is 39.9 Å². The Bertz CT molecular complexity index is 839. The summed E-state index contributed by atoms with van der Waals surface area (Å²) >= 11 is 9.34. The van der Waals surface area contributed by atoms with E-state index in [0.29, 0.717) is 11.6 Å². The van der Waals surface area contributed by atoms with Crippen molar-refractivity contribution in [3.63, 3.8) is 0 Å². The predicted molar refractivity (Wildman–Crippen MR) is 113 cm³/mol. The van der Waals surface area contributed by atoms with Crippen LogP contribution in [-0.2, 0) is 17.8 Å². The fraction of sp³-hybridized carbons (Fsp3) is 0.190. The number of thiophene rings is 2. The van der Waals surface area contributed by atoms with E-state index in [2.05, 4.69) is 24.4 Å². The van der Waals surface area contributed by atoms with E-state index in [4.69, 9.17) is 11.6 Å². The van der Waals surface area contributed by atoms with Crippen LogP contribution in [0.2, 0.25) is 5.02 Å². The molecular weight excluding hydrogens is 382 g/mol. The topological polar surface area (TPSA) is 20.3 Å². The molecule has 0 spiro atoms. The molecule has 0 saturated heterocycles. The lowest BCUT2D eigenvalue weighted by molar-refractivity contribution is -0.128. The number of amides is 1. The molecule has 1 amide bonds. The average molecular weight is 402 g/mol. The van der Waals surface area contributed by atoms with E-state index in [9.17, 15) is 4.79 Å². The van der Waals surface area contributed by atoms with Crippen LogP contribution in [0.25, 0.3) is 6.08 Å². The van der Waals surface area contributed by atoms with E-state index in [1.807, 2.05) is 52.8 Å². The van der Waals surface area contributed by atoms with E-state index in [1.165, 1.54) is 4.88 Å². The number of halogens is 1. The largest absolute Gasteiger partial charge is 0.332 e. The lowest BCUT2D eigenvalue weighted by atomic mass is 10.1. The highest BCUT2D eigenvalue weighted by Crippen LogP contribution is 2.19. The highest BCUT2D eigenvalue weighted by molar-refractivity contribution is 7.10. The van der Waals surface area contributed by atoms with Crippen molar-refractivity contribution < 1.29 is 4.79 Å². The molecule has 0 fully saturated rings. The van der Waals surface area contributed by atoms with Crippen LogP contribution in [0.15, 0.2) is 65.4 Å². The average Bonchev–Trinajstić information content (AvgIpc) is 3.33. The fourth-order valence-electron chi connectivity index (χ4n) is 2.70. The minimum Gasteiger partial charge on any atom is -0.332 e. The van der Waals surface area contributed by atoms with Crippen molar-refractivity contribution in [2.24, 2.45) is 0 Å². The van der Waals surface area contributed by atoms with Crippen LogP contribution >= 0.6 is 34.3 Å². The van der Waals surface area contributed by atoms with Crippen molar-refractivity contribution in [1.29, 1.82) is 0 Å². The molecule has 0 aliphatic rings. The van der Waals surface area contributed by atoms with Crippen molar-refractivity contribution >= 4 is 46.3 Å². The number of carbonyl (C=O) groups excluding carboxylic acids is 1. The molecule has 2 aromatic heterocycles. The Morgan fingerprint density at radius 3 is 2.50 bits per heavy atom. The van der Waals surface area contributed by atoms with Crippen LogP contribution in [0.3, 0.4) is 0 Å². The number of hydrogen-bond donors (Lipinski definition) is 0. The van der Waals surface area contributed by atoms with E-state index in [1.54, 1.807) is 28.7 Å². The second kappa shape index (κ2) is 9.17. The first-order valence-corrected chi connectivity index (χ1v) is 10.5. The summed E-state index contributed by atoms with van der Waals surface area (Å²) in [4.78, 5) is 17.2. The summed E-state index contributed by atoms with van der Waals surface area (Å²) in [6, 6.07) is 15.9. The summed E-state index contributed by atoms with van der Waals surface area (Å²) in [6.45, 7) is 2.67. The van der Waals surface area contributed by atoms with Crippen molar-refractivity contribution in [1.82, 2.24) is 4.90 Å². The maximum atomic E-state index is 12.9. The van der Waals surface area contributed by atoms with Crippen molar-refractivity contribution in [2.75, 3.05) is 0 Å². The zero-order chi connectivity index (χ0) is 18.4. The summed E-state index contributed by atoms with van der Waals surface area (Å²) in [5, 5.41) is 4.79. The lowest BCUT2D eigenvalue weighted by Crippen LogP contribution is -2.38. The van der Waals surface area contributed by atoms with Gasteiger partial charge < -0.3 is 4.90 Å². The van der Waals surface area contributed by atoms with Gasteiger partial charge in [-0.15, -0.1) is 22.7 Å². The van der Waals surface area contributed by atoms with Gasteiger partial charge in [0.1, 0.15) is 0 Å². The number of hydrogen-bond acceptors (Lipinski definition) is 3. The van der Waals surface area contributed by atoms with Crippen molar-refractivity contribution in [3.8, 4) is 0 Å². The minimum absolute atomic E-state index is 0.0254. The molecule has 0 aliphatic heterocycles. The minimum atomic E-state index is 0.0254. The molecule has 0 bridgehead atoms. The smallest absolute Gasteiger partial charge is 0.247 e. The molecule has 0 radical (unpaired) electrons. The standard InChI is InChI=1S/C21H20ClNOS2/c1-16(14-20-5-3-13-26-20)23(15-17-6-8-18(22)9-7-17)21(24)11-10-19-4-2-12-25-19/h2-13,16H,14-15H2,1H3/b11-10+/t16-/m0/s1. The van der Waals surface area contributed by atoms with E-state index >= 15 is 0 Å². The van der Waals surface area contributed by atoms with Gasteiger partial charge in [0.05, 0.1) is 0 Å². The van der Waals surface area contributed by atoms with Gasteiger partial charge >= 0.3 is 0 Å². The van der Waals surface area contributed by atoms with Gasteiger partial charge in [-0.05, 0) is 53.6 Å². The van der Waals surface area contributed by atoms with Crippen LogP contribution < -0.4 is 0 Å². The molecule has 0 N–H and O–H groups in total. The zero-order valence-electron chi connectivity index (χ0n) is 14.5. The van der Waals surface area contributed by atoms with Gasteiger partial charge in [-0.3, -0.25) is 4.79 Å². The number of carbonyl (C=O) groups is 1. The first-order valence-electron chi connectivity index (χ1n) is 8.41. The van der Waals surface area contributed by atoms with Gasteiger partial charge in [-0.2, -0.15) is 0 Å². The van der Waals surface area contributed by atoms with Crippen LogP contribution in [0.4, 0.5) is 0 Å². The van der Waals surface area contributed by atoms with Crippen LogP contribution in [-0.4, -0.2) is 16.8 Å². The summed E-state index contributed by atoms with van der Waals surface area (Å²) in [5.41, 5.74) is 1.07.